The number of benzene rings is 2. The van der Waals surface area contributed by atoms with E-state index in [0.29, 0.717) is 0 Å². The summed E-state index contributed by atoms with van der Waals surface area (Å²) in [5, 5.41) is 0.195. The number of sulfonamides is 1. The van der Waals surface area contributed by atoms with Crippen molar-refractivity contribution in [2.24, 2.45) is 0 Å². The zero-order valence-electron chi connectivity index (χ0n) is 15.2. The zero-order valence-corrected chi connectivity index (χ0v) is 17.6. The lowest BCUT2D eigenvalue weighted by Gasteiger charge is -2.22. The third kappa shape index (κ3) is 6.53. The van der Waals surface area contributed by atoms with Crippen molar-refractivity contribution in [3.05, 3.63) is 58.1 Å². The Balaban J connectivity index is 2.18. The fourth-order valence-corrected chi connectivity index (χ4v) is 4.22. The van der Waals surface area contributed by atoms with Crippen molar-refractivity contribution >= 4 is 44.8 Å². The summed E-state index contributed by atoms with van der Waals surface area (Å²) >= 11 is 11.8. The topological polar surface area (TPSA) is 75.7 Å². The molecule has 1 N–H and O–H groups in total. The fraction of sp³-hybridized carbons (Fsp3) is 0.278. The SMILES string of the molecule is COCCN(CC(F)F)C(=O)c1ccc(NS(=O)(=O)c2cc(Cl)ccc2Cl)cc1. The molecule has 2 aromatic rings. The molecular weight excluding hydrogens is 449 g/mol. The Hall–Kier alpha value is -1.94. The van der Waals surface area contributed by atoms with Crippen molar-refractivity contribution < 1.29 is 26.7 Å². The van der Waals surface area contributed by atoms with Crippen molar-refractivity contribution in [1.29, 1.82) is 0 Å². The van der Waals surface area contributed by atoms with Gasteiger partial charge < -0.3 is 9.64 Å². The summed E-state index contributed by atoms with van der Waals surface area (Å²) in [6.45, 7) is -0.623. The second-order valence-electron chi connectivity index (χ2n) is 5.89. The molecule has 0 atom stereocenters. The number of carbonyl (C=O) groups excluding carboxylic acids is 1. The molecule has 0 heterocycles. The minimum atomic E-state index is -4.02. The summed E-state index contributed by atoms with van der Waals surface area (Å²) in [4.78, 5) is 13.2. The van der Waals surface area contributed by atoms with E-state index in [1.54, 1.807) is 0 Å². The average molecular weight is 467 g/mol. The van der Waals surface area contributed by atoms with Crippen LogP contribution < -0.4 is 4.72 Å². The Labute approximate surface area is 177 Å². The molecule has 2 aromatic carbocycles. The first-order chi connectivity index (χ1) is 13.6. The van der Waals surface area contributed by atoms with Crippen LogP contribution in [-0.2, 0) is 14.8 Å². The monoisotopic (exact) mass is 466 g/mol. The standard InChI is InChI=1S/C18H18Cl2F2N2O4S/c1-28-9-8-24(11-17(21)22)18(25)12-2-5-14(6-3-12)23-29(26,27)16-10-13(19)4-7-15(16)20/h2-7,10,17,23H,8-9,11H2,1H3. The molecule has 0 radical (unpaired) electrons. The minimum absolute atomic E-state index is 0.00131. The Morgan fingerprint density at radius 2 is 1.83 bits per heavy atom. The van der Waals surface area contributed by atoms with Crippen LogP contribution in [0, 0.1) is 0 Å². The number of hydrogen-bond acceptors (Lipinski definition) is 4. The smallest absolute Gasteiger partial charge is 0.263 e. The number of anilines is 1. The predicted molar refractivity (Wildman–Crippen MR) is 107 cm³/mol. The fourth-order valence-electron chi connectivity index (χ4n) is 2.40. The highest BCUT2D eigenvalue weighted by atomic mass is 35.5. The molecule has 0 aromatic heterocycles. The third-order valence-corrected chi connectivity index (χ3v) is 5.88. The maximum Gasteiger partial charge on any atom is 0.263 e. The maximum absolute atomic E-state index is 12.7. The maximum atomic E-state index is 12.7. The van der Waals surface area contributed by atoms with E-state index in [0.717, 1.165) is 4.90 Å². The molecule has 29 heavy (non-hydrogen) atoms. The Morgan fingerprint density at radius 1 is 1.17 bits per heavy atom. The van der Waals surface area contributed by atoms with E-state index in [2.05, 4.69) is 4.72 Å². The van der Waals surface area contributed by atoms with Gasteiger partial charge in [0.15, 0.2) is 0 Å². The van der Waals surface area contributed by atoms with Gasteiger partial charge in [0.2, 0.25) is 0 Å². The first-order valence-electron chi connectivity index (χ1n) is 8.28. The predicted octanol–water partition coefficient (Wildman–Crippen LogP) is 4.15. The van der Waals surface area contributed by atoms with E-state index >= 15 is 0 Å². The van der Waals surface area contributed by atoms with Crippen LogP contribution in [0.3, 0.4) is 0 Å². The molecular formula is C18H18Cl2F2N2O4S. The quantitative estimate of drug-likeness (QED) is 0.602. The molecule has 11 heteroatoms. The van der Waals surface area contributed by atoms with Gasteiger partial charge in [0.05, 0.1) is 18.2 Å². The average Bonchev–Trinajstić information content (AvgIpc) is 2.66. The number of nitrogens with zero attached hydrogens (tertiary/aromatic N) is 1. The van der Waals surface area contributed by atoms with Crippen molar-refractivity contribution in [2.45, 2.75) is 11.3 Å². The number of amides is 1. The zero-order chi connectivity index (χ0) is 21.6. The third-order valence-electron chi connectivity index (χ3n) is 3.78. The molecule has 1 amide bonds. The van der Waals surface area contributed by atoms with Crippen molar-refractivity contribution in [3.63, 3.8) is 0 Å². The lowest BCUT2D eigenvalue weighted by molar-refractivity contribution is 0.0478. The molecule has 0 aliphatic rings. The van der Waals surface area contributed by atoms with E-state index < -0.39 is 28.9 Å². The number of hydrogen-bond donors (Lipinski definition) is 1. The lowest BCUT2D eigenvalue weighted by Crippen LogP contribution is -2.37. The van der Waals surface area contributed by atoms with Gasteiger partial charge in [0.25, 0.3) is 22.4 Å². The summed E-state index contributed by atoms with van der Waals surface area (Å²) in [6.07, 6.45) is -2.69. The molecule has 0 saturated carbocycles. The summed E-state index contributed by atoms with van der Waals surface area (Å²) in [7, 11) is -2.62. The Kier molecular flexibility index (Phi) is 8.21. The van der Waals surface area contributed by atoms with Crippen LogP contribution in [0.5, 0.6) is 0 Å². The highest BCUT2D eigenvalue weighted by Crippen LogP contribution is 2.27. The summed E-state index contributed by atoms with van der Waals surface area (Å²) in [5.41, 5.74) is 0.292. The van der Waals surface area contributed by atoms with E-state index in [9.17, 15) is 22.0 Å². The summed E-state index contributed by atoms with van der Waals surface area (Å²) in [5.74, 6) is -0.616. The molecule has 0 bridgehead atoms. The number of ether oxygens (including phenoxy) is 1. The second kappa shape index (κ2) is 10.2. The second-order valence-corrected chi connectivity index (χ2v) is 8.39. The van der Waals surface area contributed by atoms with Gasteiger partial charge in [-0.2, -0.15) is 0 Å². The first kappa shape index (κ1) is 23.3. The summed E-state index contributed by atoms with van der Waals surface area (Å²) in [6, 6.07) is 9.40. The van der Waals surface area contributed by atoms with Crippen molar-refractivity contribution in [3.8, 4) is 0 Å². The number of halogens is 4. The highest BCUT2D eigenvalue weighted by Gasteiger charge is 2.21. The minimum Gasteiger partial charge on any atom is -0.383 e. The molecule has 0 aliphatic heterocycles. The first-order valence-corrected chi connectivity index (χ1v) is 10.5. The van der Waals surface area contributed by atoms with E-state index in [1.807, 2.05) is 0 Å². The van der Waals surface area contributed by atoms with Crippen LogP contribution in [0.2, 0.25) is 10.0 Å². The van der Waals surface area contributed by atoms with E-state index in [4.69, 9.17) is 27.9 Å². The van der Waals surface area contributed by atoms with Crippen molar-refractivity contribution in [2.75, 3.05) is 31.5 Å². The molecule has 0 aliphatic carbocycles. The molecule has 0 spiro atoms. The lowest BCUT2D eigenvalue weighted by atomic mass is 10.2. The van der Waals surface area contributed by atoms with Crippen LogP contribution in [0.4, 0.5) is 14.5 Å². The molecule has 158 valence electrons. The summed E-state index contributed by atoms with van der Waals surface area (Å²) < 4.78 is 57.7. The van der Waals surface area contributed by atoms with Gasteiger partial charge in [-0.1, -0.05) is 23.2 Å². The van der Waals surface area contributed by atoms with Gasteiger partial charge in [-0.05, 0) is 42.5 Å². The van der Waals surface area contributed by atoms with Crippen LogP contribution in [0.25, 0.3) is 0 Å². The Bertz CT molecular complexity index is 957. The van der Waals surface area contributed by atoms with Crippen molar-refractivity contribution in [1.82, 2.24) is 4.90 Å². The largest absolute Gasteiger partial charge is 0.383 e. The van der Waals surface area contributed by atoms with Gasteiger partial charge in [-0.15, -0.1) is 0 Å². The van der Waals surface area contributed by atoms with Crippen LogP contribution in [0.15, 0.2) is 47.4 Å². The van der Waals surface area contributed by atoms with Gasteiger partial charge in [0.1, 0.15) is 4.90 Å². The number of carbonyl (C=O) groups is 1. The molecule has 6 nitrogen and oxygen atoms in total. The van der Waals surface area contributed by atoms with Gasteiger partial charge in [0, 0.05) is 29.9 Å². The van der Waals surface area contributed by atoms with E-state index in [1.165, 1.54) is 49.6 Å². The molecule has 0 unspecified atom stereocenters. The Morgan fingerprint density at radius 3 is 2.41 bits per heavy atom. The van der Waals surface area contributed by atoms with E-state index in [-0.39, 0.29) is 39.3 Å². The van der Waals surface area contributed by atoms with Gasteiger partial charge >= 0.3 is 0 Å². The van der Waals surface area contributed by atoms with Crippen LogP contribution in [-0.4, -0.2) is 52.5 Å². The van der Waals surface area contributed by atoms with Crippen LogP contribution >= 0.6 is 23.2 Å². The number of nitrogens with one attached hydrogen (secondary N) is 1. The van der Waals surface area contributed by atoms with Crippen LogP contribution in [0.1, 0.15) is 10.4 Å². The number of methoxy groups -OCH3 is 1. The molecule has 0 fully saturated rings. The highest BCUT2D eigenvalue weighted by molar-refractivity contribution is 7.92. The number of rotatable bonds is 9. The van der Waals surface area contributed by atoms with Gasteiger partial charge in [-0.3, -0.25) is 9.52 Å². The number of alkyl halides is 2. The molecule has 2 rings (SSSR count). The molecule has 0 saturated heterocycles. The van der Waals surface area contributed by atoms with Gasteiger partial charge in [-0.25, -0.2) is 17.2 Å². The normalized spacial score (nSPS) is 11.5.